The van der Waals surface area contributed by atoms with Crippen LogP contribution in [0.5, 0.6) is 5.75 Å². The van der Waals surface area contributed by atoms with Crippen molar-refractivity contribution >= 4 is 13.3 Å². The predicted octanol–water partition coefficient (Wildman–Crippen LogP) is 6.58. The molecule has 0 fully saturated rings. The van der Waals surface area contributed by atoms with Gasteiger partial charge in [-0.05, 0) is 40.5 Å². The second-order valence-electron chi connectivity index (χ2n) is 10.4. The van der Waals surface area contributed by atoms with Crippen LogP contribution in [0.2, 0.25) is 13.1 Å². The lowest BCUT2D eigenvalue weighted by Crippen LogP contribution is -2.46. The summed E-state index contributed by atoms with van der Waals surface area (Å²) >= 11 is 0. The van der Waals surface area contributed by atoms with Gasteiger partial charge in [0.2, 0.25) is 0 Å². The van der Waals surface area contributed by atoms with Gasteiger partial charge in [0.25, 0.3) is 0 Å². The minimum Gasteiger partial charge on any atom is -0.489 e. The lowest BCUT2D eigenvalue weighted by molar-refractivity contribution is 0.353. The van der Waals surface area contributed by atoms with Crippen LogP contribution < -0.4 is 9.92 Å². The first-order chi connectivity index (χ1) is 12.3. The number of hydrogen-bond acceptors (Lipinski definition) is 1. The van der Waals surface area contributed by atoms with E-state index in [1.54, 1.807) is 5.20 Å². The van der Waals surface area contributed by atoms with E-state index in [0.717, 1.165) is 12.2 Å². The third-order valence-corrected chi connectivity index (χ3v) is 9.53. The van der Waals surface area contributed by atoms with E-state index in [4.69, 9.17) is 4.74 Å². The van der Waals surface area contributed by atoms with E-state index < -0.39 is 8.07 Å². The summed E-state index contributed by atoms with van der Waals surface area (Å²) in [6.07, 6.45) is 7.52. The molecule has 1 aliphatic carbocycles. The Bertz CT molecular complexity index is 780. The highest BCUT2D eigenvalue weighted by molar-refractivity contribution is 6.96. The maximum absolute atomic E-state index is 6.37. The summed E-state index contributed by atoms with van der Waals surface area (Å²) in [6.45, 7) is 25.4. The summed E-state index contributed by atoms with van der Waals surface area (Å²) < 4.78 is 6.37. The second-order valence-corrected chi connectivity index (χ2v) is 14.8. The normalized spacial score (nSPS) is 15.4. The summed E-state index contributed by atoms with van der Waals surface area (Å²) in [4.78, 5) is 0. The standard InChI is InChI=1S/C25H38OSi/c1-11-15-26-23-20(25(6,7)8)16-19(24(3,4)5)17-22(23)27(9,10)21-14-12-13-18(21)2/h11-13,16-17H,1,14-15H2,2-10H3. The Morgan fingerprint density at radius 1 is 1.07 bits per heavy atom. The molecule has 0 unspecified atom stereocenters. The second kappa shape index (κ2) is 7.47. The molecule has 1 aliphatic rings. The number of rotatable bonds is 5. The van der Waals surface area contributed by atoms with E-state index in [-0.39, 0.29) is 10.8 Å². The Balaban J connectivity index is 2.83. The van der Waals surface area contributed by atoms with Gasteiger partial charge in [0.05, 0.1) is 0 Å². The number of benzene rings is 1. The maximum atomic E-state index is 6.37. The molecule has 0 N–H and O–H groups in total. The molecule has 1 aromatic carbocycles. The fourth-order valence-corrected chi connectivity index (χ4v) is 7.22. The van der Waals surface area contributed by atoms with Crippen LogP contribution in [0.15, 0.2) is 47.7 Å². The molecule has 0 aromatic heterocycles. The van der Waals surface area contributed by atoms with Gasteiger partial charge in [0, 0.05) is 0 Å². The van der Waals surface area contributed by atoms with Crippen LogP contribution in [0, 0.1) is 0 Å². The Kier molecular flexibility index (Phi) is 6.01. The smallest absolute Gasteiger partial charge is 0.123 e. The molecule has 1 aromatic rings. The quantitative estimate of drug-likeness (QED) is 0.413. The molecule has 0 aliphatic heterocycles. The first-order valence-electron chi connectivity index (χ1n) is 10.1. The fraction of sp³-hybridized carbons (Fsp3) is 0.520. The van der Waals surface area contributed by atoms with Crippen molar-refractivity contribution in [3.63, 3.8) is 0 Å². The van der Waals surface area contributed by atoms with E-state index in [1.165, 1.54) is 21.9 Å². The van der Waals surface area contributed by atoms with Gasteiger partial charge in [-0.1, -0.05) is 102 Å². The van der Waals surface area contributed by atoms with Crippen LogP contribution in [-0.2, 0) is 10.8 Å². The van der Waals surface area contributed by atoms with Gasteiger partial charge in [-0.3, -0.25) is 0 Å². The van der Waals surface area contributed by atoms with E-state index >= 15 is 0 Å². The van der Waals surface area contributed by atoms with Crippen LogP contribution >= 0.6 is 0 Å². The van der Waals surface area contributed by atoms with Gasteiger partial charge >= 0.3 is 0 Å². The van der Waals surface area contributed by atoms with Gasteiger partial charge in [0.1, 0.15) is 20.4 Å². The highest BCUT2D eigenvalue weighted by atomic mass is 28.3. The highest BCUT2D eigenvalue weighted by Gasteiger charge is 2.37. The zero-order valence-corrected chi connectivity index (χ0v) is 19.9. The van der Waals surface area contributed by atoms with Gasteiger partial charge in [-0.25, -0.2) is 0 Å². The minimum absolute atomic E-state index is 0.0222. The summed E-state index contributed by atoms with van der Waals surface area (Å²) in [5.74, 6) is 1.10. The van der Waals surface area contributed by atoms with E-state index in [0.29, 0.717) is 6.61 Å². The van der Waals surface area contributed by atoms with Gasteiger partial charge < -0.3 is 4.74 Å². The Labute approximate surface area is 168 Å². The number of hydrogen-bond donors (Lipinski definition) is 0. The van der Waals surface area contributed by atoms with E-state index in [2.05, 4.69) is 92.4 Å². The average molecular weight is 383 g/mol. The van der Waals surface area contributed by atoms with Gasteiger partial charge in [0.15, 0.2) is 0 Å². The number of allylic oxidation sites excluding steroid dienone is 4. The molecular weight excluding hydrogens is 344 g/mol. The molecule has 0 spiro atoms. The van der Waals surface area contributed by atoms with E-state index in [1.807, 2.05) is 6.08 Å². The molecule has 0 radical (unpaired) electrons. The molecule has 0 atom stereocenters. The molecule has 2 rings (SSSR count). The maximum Gasteiger partial charge on any atom is 0.123 e. The van der Waals surface area contributed by atoms with Crippen molar-refractivity contribution in [2.24, 2.45) is 0 Å². The zero-order valence-electron chi connectivity index (χ0n) is 18.9. The zero-order chi connectivity index (χ0) is 20.6. The van der Waals surface area contributed by atoms with Crippen molar-refractivity contribution in [3.05, 3.63) is 58.8 Å². The molecule has 27 heavy (non-hydrogen) atoms. The molecule has 0 bridgehead atoms. The third-order valence-electron chi connectivity index (χ3n) is 5.70. The largest absolute Gasteiger partial charge is 0.489 e. The Morgan fingerprint density at radius 3 is 2.15 bits per heavy atom. The molecule has 0 saturated carbocycles. The van der Waals surface area contributed by atoms with E-state index in [9.17, 15) is 0 Å². The molecule has 0 amide bonds. The molecule has 1 nitrogen and oxygen atoms in total. The molecule has 0 heterocycles. The van der Waals surface area contributed by atoms with Crippen LogP contribution in [0.4, 0.5) is 0 Å². The molecule has 2 heteroatoms. The topological polar surface area (TPSA) is 9.23 Å². The molecule has 148 valence electrons. The van der Waals surface area contributed by atoms with Crippen LogP contribution in [0.3, 0.4) is 0 Å². The monoisotopic (exact) mass is 382 g/mol. The van der Waals surface area contributed by atoms with Gasteiger partial charge in [-0.15, -0.1) is 0 Å². The lowest BCUT2D eigenvalue weighted by Gasteiger charge is -2.35. The summed E-state index contributed by atoms with van der Waals surface area (Å²) in [7, 11) is -1.87. The Hall–Kier alpha value is -1.54. The van der Waals surface area contributed by atoms with Crippen LogP contribution in [0.25, 0.3) is 0 Å². The van der Waals surface area contributed by atoms with Crippen molar-refractivity contribution in [1.29, 1.82) is 0 Å². The minimum atomic E-state index is -1.87. The van der Waals surface area contributed by atoms with Crippen molar-refractivity contribution in [1.82, 2.24) is 0 Å². The lowest BCUT2D eigenvalue weighted by atomic mass is 9.80. The first kappa shape index (κ1) is 21.8. The summed E-state index contributed by atoms with van der Waals surface area (Å²) in [5, 5.41) is 3.05. The third kappa shape index (κ3) is 4.48. The van der Waals surface area contributed by atoms with Crippen molar-refractivity contribution in [2.75, 3.05) is 6.61 Å². The predicted molar refractivity (Wildman–Crippen MR) is 123 cm³/mol. The summed E-state index contributed by atoms with van der Waals surface area (Å²) in [5.41, 5.74) is 4.29. The van der Waals surface area contributed by atoms with Crippen molar-refractivity contribution < 1.29 is 4.74 Å². The van der Waals surface area contributed by atoms with Gasteiger partial charge in [-0.2, -0.15) is 0 Å². The van der Waals surface area contributed by atoms with Crippen molar-refractivity contribution in [3.8, 4) is 5.75 Å². The van der Waals surface area contributed by atoms with Crippen molar-refractivity contribution in [2.45, 2.75) is 78.8 Å². The highest BCUT2D eigenvalue weighted by Crippen LogP contribution is 2.38. The average Bonchev–Trinajstić information content (AvgIpc) is 2.97. The van der Waals surface area contributed by atoms with Crippen LogP contribution in [-0.4, -0.2) is 14.7 Å². The van der Waals surface area contributed by atoms with Crippen LogP contribution in [0.1, 0.15) is 66.0 Å². The first-order valence-corrected chi connectivity index (χ1v) is 13.1. The molecule has 0 saturated heterocycles. The SMILES string of the molecule is C=CCOc1c(C(C)(C)C)cc(C(C)(C)C)cc1[Si](C)(C)C1=C(C)C=CC1. The summed E-state index contributed by atoms with van der Waals surface area (Å²) in [6, 6.07) is 4.82. The number of ether oxygens (including phenoxy) is 1. The Morgan fingerprint density at radius 2 is 1.70 bits per heavy atom. The fourth-order valence-electron chi connectivity index (χ4n) is 3.91. The molecular formula is C25H38OSi.